The number of nitrogens with zero attached hydrogens (tertiary/aromatic N) is 3. The van der Waals surface area contributed by atoms with Crippen LogP contribution in [0.25, 0.3) is 5.82 Å². The molecule has 3 heterocycles. The summed E-state index contributed by atoms with van der Waals surface area (Å²) in [6, 6.07) is 5.91. The predicted molar refractivity (Wildman–Crippen MR) is 86.5 cm³/mol. The van der Waals surface area contributed by atoms with Crippen LogP contribution in [0.4, 0.5) is 0 Å². The third-order valence-electron chi connectivity index (χ3n) is 4.58. The van der Waals surface area contributed by atoms with Crippen molar-refractivity contribution in [1.82, 2.24) is 14.8 Å². The summed E-state index contributed by atoms with van der Waals surface area (Å²) in [6.45, 7) is 12.1. The number of rotatable bonds is 2. The van der Waals surface area contributed by atoms with E-state index in [9.17, 15) is 0 Å². The summed E-state index contributed by atoms with van der Waals surface area (Å²) in [7, 11) is -0.383. The lowest BCUT2D eigenvalue weighted by molar-refractivity contribution is 0.00578. The molecule has 0 saturated carbocycles. The highest BCUT2D eigenvalue weighted by atomic mass is 16.7. The average molecular weight is 299 g/mol. The van der Waals surface area contributed by atoms with E-state index in [4.69, 9.17) is 9.31 Å². The minimum atomic E-state index is -0.383. The molecule has 22 heavy (non-hydrogen) atoms. The molecular formula is C16H22BN3O2. The van der Waals surface area contributed by atoms with Crippen LogP contribution in [0.1, 0.15) is 39.1 Å². The Morgan fingerprint density at radius 3 is 2.14 bits per heavy atom. The molecule has 2 aromatic rings. The molecule has 0 amide bonds. The summed E-state index contributed by atoms with van der Waals surface area (Å²) in [6.07, 6.45) is 1.91. The van der Waals surface area contributed by atoms with Crippen molar-refractivity contribution in [3.05, 3.63) is 35.8 Å². The second-order valence-electron chi connectivity index (χ2n) is 6.83. The van der Waals surface area contributed by atoms with Gasteiger partial charge in [0.05, 0.1) is 16.9 Å². The lowest BCUT2D eigenvalue weighted by Gasteiger charge is -2.32. The molecular weight excluding hydrogens is 277 g/mol. The Bertz CT molecular complexity index is 693. The Hall–Kier alpha value is -1.66. The zero-order valence-electron chi connectivity index (χ0n) is 14.0. The fourth-order valence-corrected chi connectivity index (χ4v) is 2.45. The van der Waals surface area contributed by atoms with Gasteiger partial charge in [0.1, 0.15) is 0 Å². The van der Waals surface area contributed by atoms with Crippen molar-refractivity contribution in [2.75, 3.05) is 0 Å². The van der Waals surface area contributed by atoms with Crippen molar-refractivity contribution in [3.63, 3.8) is 0 Å². The average Bonchev–Trinajstić information content (AvgIpc) is 2.91. The number of aromatic nitrogens is 3. The first kappa shape index (κ1) is 15.2. The maximum absolute atomic E-state index is 6.10. The van der Waals surface area contributed by atoms with Crippen LogP contribution >= 0.6 is 0 Å². The van der Waals surface area contributed by atoms with E-state index < -0.39 is 0 Å². The SMILES string of the molecule is Cc1ccn(-c2ccc(B3OC(C)(C)C(C)(C)O3)c(C)n2)n1. The highest BCUT2D eigenvalue weighted by Crippen LogP contribution is 2.36. The van der Waals surface area contributed by atoms with Crippen LogP contribution in [0.15, 0.2) is 24.4 Å². The van der Waals surface area contributed by atoms with Crippen molar-refractivity contribution < 1.29 is 9.31 Å². The molecule has 0 N–H and O–H groups in total. The highest BCUT2D eigenvalue weighted by Gasteiger charge is 2.52. The van der Waals surface area contributed by atoms with Gasteiger partial charge in [-0.25, -0.2) is 9.67 Å². The van der Waals surface area contributed by atoms with Gasteiger partial charge >= 0.3 is 7.12 Å². The monoisotopic (exact) mass is 299 g/mol. The molecule has 6 heteroatoms. The Labute approximate surface area is 131 Å². The van der Waals surface area contributed by atoms with E-state index in [1.165, 1.54) is 0 Å². The van der Waals surface area contributed by atoms with Crippen LogP contribution < -0.4 is 5.46 Å². The van der Waals surface area contributed by atoms with Crippen LogP contribution in [-0.4, -0.2) is 33.1 Å². The van der Waals surface area contributed by atoms with Crippen LogP contribution in [-0.2, 0) is 9.31 Å². The van der Waals surface area contributed by atoms with Gasteiger partial charge in [-0.05, 0) is 53.7 Å². The third kappa shape index (κ3) is 2.46. The minimum absolute atomic E-state index is 0.345. The summed E-state index contributed by atoms with van der Waals surface area (Å²) < 4.78 is 14.0. The van der Waals surface area contributed by atoms with Crippen molar-refractivity contribution in [3.8, 4) is 5.82 Å². The van der Waals surface area contributed by atoms with E-state index in [2.05, 4.69) is 37.8 Å². The van der Waals surface area contributed by atoms with Crippen LogP contribution in [0, 0.1) is 13.8 Å². The van der Waals surface area contributed by atoms with Gasteiger partial charge < -0.3 is 9.31 Å². The first-order chi connectivity index (χ1) is 10.2. The van der Waals surface area contributed by atoms with Gasteiger partial charge in [0.2, 0.25) is 0 Å². The number of aryl methyl sites for hydroxylation is 2. The van der Waals surface area contributed by atoms with Gasteiger partial charge in [-0.15, -0.1) is 0 Å². The Balaban J connectivity index is 1.91. The van der Waals surface area contributed by atoms with E-state index in [0.717, 1.165) is 22.7 Å². The predicted octanol–water partition coefficient (Wildman–Crippen LogP) is 2.18. The fraction of sp³-hybridized carbons (Fsp3) is 0.500. The quantitative estimate of drug-likeness (QED) is 0.798. The summed E-state index contributed by atoms with van der Waals surface area (Å²) in [5, 5.41) is 4.39. The minimum Gasteiger partial charge on any atom is -0.399 e. The molecule has 0 aliphatic carbocycles. The molecule has 0 radical (unpaired) electrons. The first-order valence-corrected chi connectivity index (χ1v) is 7.55. The molecule has 1 fully saturated rings. The molecule has 2 aromatic heterocycles. The maximum Gasteiger partial charge on any atom is 0.496 e. The molecule has 0 spiro atoms. The summed E-state index contributed by atoms with van der Waals surface area (Å²) in [5.74, 6) is 0.797. The smallest absolute Gasteiger partial charge is 0.399 e. The third-order valence-corrected chi connectivity index (χ3v) is 4.58. The molecule has 0 bridgehead atoms. The van der Waals surface area contributed by atoms with E-state index in [1.807, 2.05) is 38.2 Å². The van der Waals surface area contributed by atoms with Crippen LogP contribution in [0.2, 0.25) is 0 Å². The zero-order valence-corrected chi connectivity index (χ0v) is 14.0. The van der Waals surface area contributed by atoms with Crippen LogP contribution in [0.3, 0.4) is 0 Å². The topological polar surface area (TPSA) is 49.2 Å². The van der Waals surface area contributed by atoms with Crippen molar-refractivity contribution in [1.29, 1.82) is 0 Å². The molecule has 116 valence electrons. The molecule has 5 nitrogen and oxygen atoms in total. The summed E-state index contributed by atoms with van der Waals surface area (Å²) >= 11 is 0. The van der Waals surface area contributed by atoms with Crippen LogP contribution in [0.5, 0.6) is 0 Å². The molecule has 3 rings (SSSR count). The van der Waals surface area contributed by atoms with E-state index >= 15 is 0 Å². The van der Waals surface area contributed by atoms with Gasteiger partial charge in [0.25, 0.3) is 0 Å². The van der Waals surface area contributed by atoms with Gasteiger partial charge in [0.15, 0.2) is 5.82 Å². The Morgan fingerprint density at radius 2 is 1.64 bits per heavy atom. The second-order valence-corrected chi connectivity index (χ2v) is 6.83. The highest BCUT2D eigenvalue weighted by molar-refractivity contribution is 6.62. The molecule has 0 aromatic carbocycles. The van der Waals surface area contributed by atoms with Crippen molar-refractivity contribution in [2.24, 2.45) is 0 Å². The number of hydrogen-bond acceptors (Lipinski definition) is 4. The van der Waals surface area contributed by atoms with E-state index in [1.54, 1.807) is 4.68 Å². The molecule has 1 aliphatic rings. The second kappa shape index (κ2) is 4.93. The number of pyridine rings is 1. The molecule has 0 atom stereocenters. The molecule has 1 aliphatic heterocycles. The van der Waals surface area contributed by atoms with Crippen molar-refractivity contribution >= 4 is 12.6 Å². The lowest BCUT2D eigenvalue weighted by atomic mass is 9.78. The van der Waals surface area contributed by atoms with Gasteiger partial charge in [0, 0.05) is 17.4 Å². The molecule has 1 saturated heterocycles. The van der Waals surface area contributed by atoms with Gasteiger partial charge in [-0.1, -0.05) is 6.07 Å². The maximum atomic E-state index is 6.10. The standard InChI is InChI=1S/C16H22BN3O2/c1-11-9-10-20(19-11)14-8-7-13(12(2)18-14)17-21-15(3,4)16(5,6)22-17/h7-10H,1-6H3. The molecule has 0 unspecified atom stereocenters. The van der Waals surface area contributed by atoms with Gasteiger partial charge in [-0.3, -0.25) is 0 Å². The normalized spacial score (nSPS) is 19.6. The Kier molecular flexibility index (Phi) is 3.42. The summed E-state index contributed by atoms with van der Waals surface area (Å²) in [5.41, 5.74) is 2.13. The summed E-state index contributed by atoms with van der Waals surface area (Å²) in [4.78, 5) is 4.64. The van der Waals surface area contributed by atoms with Crippen molar-refractivity contribution in [2.45, 2.75) is 52.7 Å². The van der Waals surface area contributed by atoms with Gasteiger partial charge in [-0.2, -0.15) is 5.10 Å². The van der Waals surface area contributed by atoms with E-state index in [0.29, 0.717) is 0 Å². The number of hydrogen-bond donors (Lipinski definition) is 0. The largest absolute Gasteiger partial charge is 0.496 e. The van der Waals surface area contributed by atoms with E-state index in [-0.39, 0.29) is 18.3 Å². The fourth-order valence-electron chi connectivity index (χ4n) is 2.45. The Morgan fingerprint density at radius 1 is 1.00 bits per heavy atom. The zero-order chi connectivity index (χ0) is 16.1. The lowest BCUT2D eigenvalue weighted by Crippen LogP contribution is -2.41. The first-order valence-electron chi connectivity index (χ1n) is 7.55.